The van der Waals surface area contributed by atoms with Crippen molar-refractivity contribution in [3.05, 3.63) is 33.2 Å². The fraction of sp³-hybridized carbons (Fsp3) is 0.273. The fourth-order valence-corrected chi connectivity index (χ4v) is 2.31. The number of nitrogens with one attached hydrogen (secondary N) is 1. The number of aromatic nitrogens is 3. The van der Waals surface area contributed by atoms with Gasteiger partial charge in [-0.2, -0.15) is 18.3 Å². The van der Waals surface area contributed by atoms with Gasteiger partial charge in [0.15, 0.2) is 0 Å². The zero-order valence-electron chi connectivity index (χ0n) is 10.1. The Morgan fingerprint density at radius 2 is 2.00 bits per heavy atom. The van der Waals surface area contributed by atoms with E-state index in [1.165, 1.54) is 6.07 Å². The minimum atomic E-state index is -4.38. The van der Waals surface area contributed by atoms with E-state index in [-0.39, 0.29) is 3.57 Å². The van der Waals surface area contributed by atoms with Crippen LogP contribution in [0.3, 0.4) is 0 Å². The van der Waals surface area contributed by atoms with Crippen molar-refractivity contribution in [2.45, 2.75) is 13.1 Å². The standard InChI is InChI=1S/C11H10F3IN4/c1-6-3-10(19(2)18-6)17-9-4-8(15)7(5-16-9)11(12,13)14/h3-5H,1-2H3,(H,16,17). The molecule has 2 rings (SSSR count). The van der Waals surface area contributed by atoms with Gasteiger partial charge in [-0.3, -0.25) is 4.68 Å². The van der Waals surface area contributed by atoms with Gasteiger partial charge in [0.2, 0.25) is 0 Å². The van der Waals surface area contributed by atoms with Crippen molar-refractivity contribution in [2.75, 3.05) is 5.32 Å². The number of pyridine rings is 1. The van der Waals surface area contributed by atoms with Gasteiger partial charge in [0.1, 0.15) is 11.6 Å². The molecule has 1 N–H and O–H groups in total. The Bertz CT molecular complexity index is 606. The molecule has 0 radical (unpaired) electrons. The first-order valence-electron chi connectivity index (χ1n) is 5.28. The van der Waals surface area contributed by atoms with Crippen LogP contribution in [0.4, 0.5) is 24.8 Å². The molecule has 2 heterocycles. The van der Waals surface area contributed by atoms with Crippen molar-refractivity contribution in [1.82, 2.24) is 14.8 Å². The van der Waals surface area contributed by atoms with Gasteiger partial charge >= 0.3 is 6.18 Å². The Hall–Kier alpha value is -1.32. The molecule has 0 saturated heterocycles. The summed E-state index contributed by atoms with van der Waals surface area (Å²) in [4.78, 5) is 3.77. The second-order valence-electron chi connectivity index (χ2n) is 3.97. The molecular weight excluding hydrogens is 372 g/mol. The van der Waals surface area contributed by atoms with E-state index in [9.17, 15) is 13.2 Å². The molecular formula is C11H10F3IN4. The molecule has 2 aromatic heterocycles. The zero-order valence-corrected chi connectivity index (χ0v) is 12.2. The first-order chi connectivity index (χ1) is 8.77. The lowest BCUT2D eigenvalue weighted by Gasteiger charge is -2.11. The summed E-state index contributed by atoms with van der Waals surface area (Å²) in [5.41, 5.74) is 0.0754. The monoisotopic (exact) mass is 382 g/mol. The van der Waals surface area contributed by atoms with Gasteiger partial charge in [-0.15, -0.1) is 0 Å². The topological polar surface area (TPSA) is 42.7 Å². The molecule has 2 aromatic rings. The average Bonchev–Trinajstić information content (AvgIpc) is 2.55. The number of hydrogen-bond donors (Lipinski definition) is 1. The molecule has 0 spiro atoms. The molecule has 0 aliphatic rings. The molecule has 8 heteroatoms. The van der Waals surface area contributed by atoms with Crippen LogP contribution in [0.25, 0.3) is 0 Å². The lowest BCUT2D eigenvalue weighted by atomic mass is 10.3. The lowest BCUT2D eigenvalue weighted by Crippen LogP contribution is -2.09. The summed E-state index contributed by atoms with van der Waals surface area (Å²) in [5.74, 6) is 1.01. The van der Waals surface area contributed by atoms with E-state index in [1.54, 1.807) is 40.4 Å². The van der Waals surface area contributed by atoms with E-state index in [1.807, 2.05) is 6.92 Å². The van der Waals surface area contributed by atoms with Crippen molar-refractivity contribution in [3.8, 4) is 0 Å². The molecule has 4 nitrogen and oxygen atoms in total. The van der Waals surface area contributed by atoms with Crippen molar-refractivity contribution in [1.29, 1.82) is 0 Å². The highest BCUT2D eigenvalue weighted by molar-refractivity contribution is 14.1. The zero-order chi connectivity index (χ0) is 14.2. The van der Waals surface area contributed by atoms with Crippen LogP contribution in [0.15, 0.2) is 18.3 Å². The van der Waals surface area contributed by atoms with E-state index in [0.29, 0.717) is 11.6 Å². The number of halogens is 4. The van der Waals surface area contributed by atoms with Crippen LogP contribution in [-0.4, -0.2) is 14.8 Å². The molecule has 0 atom stereocenters. The number of nitrogens with zero attached hydrogens (tertiary/aromatic N) is 3. The van der Waals surface area contributed by atoms with Crippen LogP contribution >= 0.6 is 22.6 Å². The van der Waals surface area contributed by atoms with Gasteiger partial charge in [0.05, 0.1) is 11.3 Å². The molecule has 0 amide bonds. The summed E-state index contributed by atoms with van der Waals surface area (Å²) in [5, 5.41) is 7.06. The van der Waals surface area contributed by atoms with E-state index in [0.717, 1.165) is 11.9 Å². The summed E-state index contributed by atoms with van der Waals surface area (Å²) in [6.45, 7) is 1.83. The van der Waals surface area contributed by atoms with Gasteiger partial charge < -0.3 is 5.32 Å². The molecule has 0 unspecified atom stereocenters. The largest absolute Gasteiger partial charge is 0.418 e. The third kappa shape index (κ3) is 3.17. The Morgan fingerprint density at radius 3 is 2.47 bits per heavy atom. The third-order valence-corrected chi connectivity index (χ3v) is 3.31. The maximum atomic E-state index is 12.6. The van der Waals surface area contributed by atoms with Crippen molar-refractivity contribution >= 4 is 34.2 Å². The van der Waals surface area contributed by atoms with Crippen LogP contribution in [0.2, 0.25) is 0 Å². The summed E-state index contributed by atoms with van der Waals surface area (Å²) >= 11 is 1.65. The van der Waals surface area contributed by atoms with Crippen LogP contribution < -0.4 is 5.32 Å². The SMILES string of the molecule is Cc1cc(Nc2cc(I)c(C(F)(F)F)cn2)n(C)n1. The number of alkyl halides is 3. The fourth-order valence-electron chi connectivity index (χ4n) is 1.57. The van der Waals surface area contributed by atoms with Crippen molar-refractivity contribution in [3.63, 3.8) is 0 Å². The van der Waals surface area contributed by atoms with Crippen LogP contribution in [0, 0.1) is 10.5 Å². The number of hydrogen-bond acceptors (Lipinski definition) is 3. The van der Waals surface area contributed by atoms with Gasteiger partial charge in [-0.05, 0) is 35.6 Å². The Kier molecular flexibility index (Phi) is 3.70. The van der Waals surface area contributed by atoms with Crippen molar-refractivity contribution in [2.24, 2.45) is 7.05 Å². The molecule has 19 heavy (non-hydrogen) atoms. The number of anilines is 2. The molecule has 0 saturated carbocycles. The van der Waals surface area contributed by atoms with E-state index in [4.69, 9.17) is 0 Å². The molecule has 0 aliphatic carbocycles. The highest BCUT2D eigenvalue weighted by Gasteiger charge is 2.33. The maximum absolute atomic E-state index is 12.6. The second kappa shape index (κ2) is 4.99. The van der Waals surface area contributed by atoms with Crippen molar-refractivity contribution < 1.29 is 13.2 Å². The van der Waals surface area contributed by atoms with Crippen LogP contribution in [0.5, 0.6) is 0 Å². The smallest absolute Gasteiger partial charge is 0.325 e. The third-order valence-electron chi connectivity index (χ3n) is 2.42. The molecule has 0 fully saturated rings. The maximum Gasteiger partial charge on any atom is 0.418 e. The van der Waals surface area contributed by atoms with Gasteiger partial charge in [-0.1, -0.05) is 0 Å². The predicted octanol–water partition coefficient (Wildman–Crippen LogP) is 3.49. The van der Waals surface area contributed by atoms with E-state index < -0.39 is 11.7 Å². The first-order valence-corrected chi connectivity index (χ1v) is 6.35. The number of rotatable bonds is 2. The Labute approximate surface area is 121 Å². The number of aryl methyl sites for hydroxylation is 2. The van der Waals surface area contributed by atoms with E-state index in [2.05, 4.69) is 15.4 Å². The summed E-state index contributed by atoms with van der Waals surface area (Å²) in [6.07, 6.45) is -3.56. The first kappa shape index (κ1) is 14.1. The van der Waals surface area contributed by atoms with Gasteiger partial charge in [0, 0.05) is 22.9 Å². The lowest BCUT2D eigenvalue weighted by molar-refractivity contribution is -0.138. The minimum absolute atomic E-state index is 0.0986. The Balaban J connectivity index is 2.28. The quantitative estimate of drug-likeness (QED) is 0.809. The Morgan fingerprint density at radius 1 is 1.32 bits per heavy atom. The van der Waals surface area contributed by atoms with Gasteiger partial charge in [0.25, 0.3) is 0 Å². The van der Waals surface area contributed by atoms with Crippen LogP contribution in [0.1, 0.15) is 11.3 Å². The molecule has 0 aliphatic heterocycles. The minimum Gasteiger partial charge on any atom is -0.325 e. The van der Waals surface area contributed by atoms with E-state index >= 15 is 0 Å². The van der Waals surface area contributed by atoms with Crippen LogP contribution in [-0.2, 0) is 13.2 Å². The molecule has 102 valence electrons. The predicted molar refractivity (Wildman–Crippen MR) is 73.2 cm³/mol. The normalized spacial score (nSPS) is 11.7. The summed E-state index contributed by atoms with van der Waals surface area (Å²) in [6, 6.07) is 3.14. The highest BCUT2D eigenvalue weighted by atomic mass is 127. The summed E-state index contributed by atoms with van der Waals surface area (Å²) < 4.78 is 39.5. The average molecular weight is 382 g/mol. The van der Waals surface area contributed by atoms with Gasteiger partial charge in [-0.25, -0.2) is 4.98 Å². The summed E-state index contributed by atoms with van der Waals surface area (Å²) in [7, 11) is 1.74. The second-order valence-corrected chi connectivity index (χ2v) is 5.13. The molecule has 0 bridgehead atoms. The molecule has 0 aromatic carbocycles. The highest BCUT2D eigenvalue weighted by Crippen LogP contribution is 2.33.